The van der Waals surface area contributed by atoms with E-state index in [9.17, 15) is 4.79 Å². The molecule has 2 aromatic heterocycles. The molecular formula is C13H15ClN4O. The molecule has 100 valence electrons. The van der Waals surface area contributed by atoms with Crippen molar-refractivity contribution >= 4 is 23.0 Å². The minimum absolute atomic E-state index is 0.0256. The lowest BCUT2D eigenvalue weighted by Crippen LogP contribution is -2.42. The van der Waals surface area contributed by atoms with Gasteiger partial charge in [-0.15, -0.1) is 11.6 Å². The molecule has 0 radical (unpaired) electrons. The average molecular weight is 279 g/mol. The smallest absolute Gasteiger partial charge is 0.255 e. The van der Waals surface area contributed by atoms with Gasteiger partial charge in [0.15, 0.2) is 0 Å². The van der Waals surface area contributed by atoms with Crippen LogP contribution in [0.2, 0.25) is 0 Å². The summed E-state index contributed by atoms with van der Waals surface area (Å²) in [5.74, 6) is -0.124. The highest BCUT2D eigenvalue weighted by Gasteiger charge is 2.25. The fourth-order valence-electron chi connectivity index (χ4n) is 2.50. The van der Waals surface area contributed by atoms with E-state index in [1.807, 2.05) is 0 Å². The molecule has 2 atom stereocenters. The molecule has 0 aliphatic heterocycles. The average Bonchev–Trinajstić information content (AvgIpc) is 2.85. The molecule has 2 heterocycles. The fourth-order valence-corrected chi connectivity index (χ4v) is 2.85. The molecule has 1 N–H and O–H groups in total. The number of alkyl halides is 1. The number of halogens is 1. The molecule has 1 aliphatic carbocycles. The van der Waals surface area contributed by atoms with E-state index in [-0.39, 0.29) is 17.3 Å². The summed E-state index contributed by atoms with van der Waals surface area (Å²) in [6.45, 7) is 0. The summed E-state index contributed by atoms with van der Waals surface area (Å²) < 4.78 is 1.64. The number of carbonyl (C=O) groups is 1. The van der Waals surface area contributed by atoms with E-state index in [1.165, 1.54) is 0 Å². The maximum atomic E-state index is 12.3. The Hall–Kier alpha value is -1.62. The van der Waals surface area contributed by atoms with E-state index in [1.54, 1.807) is 29.3 Å². The number of hydrogen-bond donors (Lipinski definition) is 1. The monoisotopic (exact) mass is 278 g/mol. The Morgan fingerprint density at radius 2 is 2.21 bits per heavy atom. The zero-order valence-corrected chi connectivity index (χ0v) is 11.2. The SMILES string of the molecule is O=C(NC1CCCCC1Cl)c1cnn2ccncc12. The quantitative estimate of drug-likeness (QED) is 0.855. The van der Waals surface area contributed by atoms with Crippen molar-refractivity contribution in [2.24, 2.45) is 0 Å². The third-order valence-corrected chi connectivity index (χ3v) is 4.09. The zero-order valence-electron chi connectivity index (χ0n) is 10.4. The van der Waals surface area contributed by atoms with E-state index in [4.69, 9.17) is 11.6 Å². The van der Waals surface area contributed by atoms with Gasteiger partial charge in [-0.2, -0.15) is 5.10 Å². The molecule has 3 rings (SSSR count). The molecule has 0 aromatic carbocycles. The van der Waals surface area contributed by atoms with Crippen LogP contribution in [-0.2, 0) is 0 Å². The largest absolute Gasteiger partial charge is 0.348 e. The van der Waals surface area contributed by atoms with Crippen LogP contribution in [0.5, 0.6) is 0 Å². The number of amides is 1. The zero-order chi connectivity index (χ0) is 13.2. The van der Waals surface area contributed by atoms with E-state index in [0.29, 0.717) is 11.1 Å². The summed E-state index contributed by atoms with van der Waals surface area (Å²) in [5, 5.41) is 7.17. The number of rotatable bonds is 2. The number of carbonyl (C=O) groups excluding carboxylic acids is 1. The summed E-state index contributed by atoms with van der Waals surface area (Å²) >= 11 is 6.26. The Morgan fingerprint density at radius 3 is 3.05 bits per heavy atom. The van der Waals surface area contributed by atoms with Crippen molar-refractivity contribution in [3.05, 3.63) is 30.4 Å². The lowest BCUT2D eigenvalue weighted by atomic mass is 9.95. The molecule has 6 heteroatoms. The third-order valence-electron chi connectivity index (χ3n) is 3.57. The predicted octanol–water partition coefficient (Wildman–Crippen LogP) is 2.01. The Morgan fingerprint density at radius 1 is 1.37 bits per heavy atom. The molecule has 1 amide bonds. The number of aromatic nitrogens is 3. The van der Waals surface area contributed by atoms with Crippen molar-refractivity contribution in [1.82, 2.24) is 19.9 Å². The van der Waals surface area contributed by atoms with E-state index in [0.717, 1.165) is 25.7 Å². The molecule has 2 unspecified atom stereocenters. The highest BCUT2D eigenvalue weighted by atomic mass is 35.5. The van der Waals surface area contributed by atoms with E-state index >= 15 is 0 Å². The van der Waals surface area contributed by atoms with Gasteiger partial charge in [-0.1, -0.05) is 12.8 Å². The number of nitrogens with zero attached hydrogens (tertiary/aromatic N) is 3. The molecule has 1 saturated carbocycles. The first-order valence-corrected chi connectivity index (χ1v) is 6.91. The lowest BCUT2D eigenvalue weighted by molar-refractivity contribution is 0.0930. The normalized spacial score (nSPS) is 23.4. The van der Waals surface area contributed by atoms with Gasteiger partial charge < -0.3 is 5.32 Å². The number of fused-ring (bicyclic) bond motifs is 1. The maximum absolute atomic E-state index is 12.3. The summed E-state index contributed by atoms with van der Waals surface area (Å²) in [5.41, 5.74) is 1.25. The predicted molar refractivity (Wildman–Crippen MR) is 72.4 cm³/mol. The summed E-state index contributed by atoms with van der Waals surface area (Å²) in [6.07, 6.45) is 10.7. The lowest BCUT2D eigenvalue weighted by Gasteiger charge is -2.27. The molecule has 1 fully saturated rings. The third kappa shape index (κ3) is 2.42. The Balaban J connectivity index is 1.80. The van der Waals surface area contributed by atoms with Gasteiger partial charge in [0.25, 0.3) is 5.91 Å². The maximum Gasteiger partial charge on any atom is 0.255 e. The number of nitrogens with one attached hydrogen (secondary N) is 1. The van der Waals surface area contributed by atoms with Gasteiger partial charge in [-0.05, 0) is 12.8 Å². The van der Waals surface area contributed by atoms with Crippen LogP contribution >= 0.6 is 11.6 Å². The second kappa shape index (κ2) is 5.17. The minimum atomic E-state index is -0.124. The van der Waals surface area contributed by atoms with Gasteiger partial charge >= 0.3 is 0 Å². The van der Waals surface area contributed by atoms with Gasteiger partial charge in [0.2, 0.25) is 0 Å². The van der Waals surface area contributed by atoms with Gasteiger partial charge in [0.1, 0.15) is 0 Å². The Kier molecular flexibility index (Phi) is 3.38. The number of hydrogen-bond acceptors (Lipinski definition) is 3. The topological polar surface area (TPSA) is 59.3 Å². The molecule has 1 aliphatic rings. The molecule has 19 heavy (non-hydrogen) atoms. The van der Waals surface area contributed by atoms with E-state index in [2.05, 4.69) is 15.4 Å². The molecule has 0 spiro atoms. The van der Waals surface area contributed by atoms with Crippen molar-refractivity contribution in [1.29, 1.82) is 0 Å². The van der Waals surface area contributed by atoms with Gasteiger partial charge in [-0.25, -0.2) is 4.52 Å². The first-order chi connectivity index (χ1) is 9.25. The van der Waals surface area contributed by atoms with Gasteiger partial charge in [0, 0.05) is 18.4 Å². The van der Waals surface area contributed by atoms with E-state index < -0.39 is 0 Å². The summed E-state index contributed by atoms with van der Waals surface area (Å²) in [6, 6.07) is 0.0505. The molecule has 5 nitrogen and oxygen atoms in total. The van der Waals surface area contributed by atoms with Gasteiger partial charge in [-0.3, -0.25) is 9.78 Å². The summed E-state index contributed by atoms with van der Waals surface area (Å²) in [4.78, 5) is 16.3. The highest BCUT2D eigenvalue weighted by molar-refractivity contribution is 6.21. The van der Waals surface area contributed by atoms with Crippen molar-refractivity contribution in [3.63, 3.8) is 0 Å². The van der Waals surface area contributed by atoms with Crippen LogP contribution in [0.15, 0.2) is 24.8 Å². The van der Waals surface area contributed by atoms with Crippen LogP contribution in [0.3, 0.4) is 0 Å². The van der Waals surface area contributed by atoms with Crippen LogP contribution in [0, 0.1) is 0 Å². The van der Waals surface area contributed by atoms with Crippen molar-refractivity contribution in [2.75, 3.05) is 0 Å². The molecular weight excluding hydrogens is 264 g/mol. The molecule has 0 bridgehead atoms. The standard InChI is InChI=1S/C13H15ClN4O/c14-10-3-1-2-4-11(10)17-13(19)9-7-16-18-6-5-15-8-12(9)18/h5-8,10-11H,1-4H2,(H,17,19). The molecule has 0 saturated heterocycles. The first kappa shape index (κ1) is 12.4. The van der Waals surface area contributed by atoms with Crippen LogP contribution in [0.4, 0.5) is 0 Å². The van der Waals surface area contributed by atoms with Crippen LogP contribution in [-0.4, -0.2) is 31.9 Å². The second-order valence-electron chi connectivity index (χ2n) is 4.84. The Labute approximate surface area is 116 Å². The first-order valence-electron chi connectivity index (χ1n) is 6.48. The van der Waals surface area contributed by atoms with Crippen molar-refractivity contribution in [2.45, 2.75) is 37.1 Å². The summed E-state index contributed by atoms with van der Waals surface area (Å²) in [7, 11) is 0. The highest BCUT2D eigenvalue weighted by Crippen LogP contribution is 2.23. The van der Waals surface area contributed by atoms with Crippen LogP contribution in [0.1, 0.15) is 36.0 Å². The van der Waals surface area contributed by atoms with Crippen LogP contribution in [0.25, 0.3) is 5.52 Å². The van der Waals surface area contributed by atoms with Crippen molar-refractivity contribution in [3.8, 4) is 0 Å². The van der Waals surface area contributed by atoms with Crippen molar-refractivity contribution < 1.29 is 4.79 Å². The van der Waals surface area contributed by atoms with Crippen LogP contribution < -0.4 is 5.32 Å². The Bertz CT molecular complexity index is 597. The van der Waals surface area contributed by atoms with Gasteiger partial charge in [0.05, 0.1) is 28.9 Å². The fraction of sp³-hybridized carbons (Fsp3) is 0.462. The second-order valence-corrected chi connectivity index (χ2v) is 5.41. The minimum Gasteiger partial charge on any atom is -0.348 e. The molecule has 2 aromatic rings.